The van der Waals surface area contributed by atoms with Gasteiger partial charge < -0.3 is 4.74 Å². The Morgan fingerprint density at radius 3 is 2.82 bits per heavy atom. The van der Waals surface area contributed by atoms with E-state index in [0.29, 0.717) is 0 Å². The first kappa shape index (κ1) is 8.53. The van der Waals surface area contributed by atoms with Crippen LogP contribution in [0.3, 0.4) is 0 Å². The van der Waals surface area contributed by atoms with Gasteiger partial charge in [-0.2, -0.15) is 0 Å². The minimum absolute atomic E-state index is 0.202. The van der Waals surface area contributed by atoms with Crippen molar-refractivity contribution in [3.05, 3.63) is 22.9 Å². The van der Waals surface area contributed by atoms with Crippen molar-refractivity contribution in [2.45, 2.75) is 20.0 Å². The van der Waals surface area contributed by atoms with Crippen molar-refractivity contribution in [3.63, 3.8) is 0 Å². The molecule has 0 spiro atoms. The molecule has 0 saturated carbocycles. The van der Waals surface area contributed by atoms with Crippen molar-refractivity contribution in [2.24, 2.45) is 0 Å². The first-order valence-electron chi connectivity index (χ1n) is 3.46. The molecule has 0 aliphatic carbocycles. The van der Waals surface area contributed by atoms with Crippen LogP contribution in [0.1, 0.15) is 13.8 Å². The van der Waals surface area contributed by atoms with Gasteiger partial charge in [-0.3, -0.25) is 4.98 Å². The maximum absolute atomic E-state index is 5.46. The van der Waals surface area contributed by atoms with E-state index in [4.69, 9.17) is 4.74 Å². The molecule has 60 valence electrons. The van der Waals surface area contributed by atoms with Crippen molar-refractivity contribution in [3.8, 4) is 5.75 Å². The molecular weight excluding hydrogens is 206 g/mol. The summed E-state index contributed by atoms with van der Waals surface area (Å²) in [5.74, 6) is 0.843. The highest BCUT2D eigenvalue weighted by Crippen LogP contribution is 2.23. The number of ether oxygens (including phenoxy) is 1. The number of pyridine rings is 1. The lowest BCUT2D eigenvalue weighted by Crippen LogP contribution is -2.05. The van der Waals surface area contributed by atoms with Gasteiger partial charge in [0.2, 0.25) is 0 Å². The Hall–Kier alpha value is -0.570. The van der Waals surface area contributed by atoms with E-state index in [2.05, 4.69) is 20.9 Å². The standard InChI is InChI=1S/C8H10BrNO/c1-6(2)11-8-3-4-10-5-7(8)9/h3-6H,1-2H3. The SMILES string of the molecule is CC(C)Oc1ccncc1Br. The number of hydrogen-bond donors (Lipinski definition) is 0. The molecule has 1 rings (SSSR count). The van der Waals surface area contributed by atoms with Crippen LogP contribution in [0.4, 0.5) is 0 Å². The number of rotatable bonds is 2. The molecule has 0 N–H and O–H groups in total. The molecule has 1 aromatic heterocycles. The predicted octanol–water partition coefficient (Wildman–Crippen LogP) is 2.63. The third kappa shape index (κ3) is 2.50. The topological polar surface area (TPSA) is 22.1 Å². The van der Waals surface area contributed by atoms with Crippen LogP contribution in [0, 0.1) is 0 Å². The van der Waals surface area contributed by atoms with Crippen molar-refractivity contribution in [1.29, 1.82) is 0 Å². The second kappa shape index (κ2) is 3.72. The fourth-order valence-electron chi connectivity index (χ4n) is 0.712. The molecule has 0 saturated heterocycles. The highest BCUT2D eigenvalue weighted by molar-refractivity contribution is 9.10. The third-order valence-corrected chi connectivity index (χ3v) is 1.69. The molecule has 0 aliphatic heterocycles. The highest BCUT2D eigenvalue weighted by atomic mass is 79.9. The smallest absolute Gasteiger partial charge is 0.136 e. The Balaban J connectivity index is 2.78. The lowest BCUT2D eigenvalue weighted by molar-refractivity contribution is 0.240. The summed E-state index contributed by atoms with van der Waals surface area (Å²) in [5.41, 5.74) is 0. The Kier molecular flexibility index (Phi) is 2.88. The molecular formula is C8H10BrNO. The van der Waals surface area contributed by atoms with Crippen LogP contribution in [-0.2, 0) is 0 Å². The first-order chi connectivity index (χ1) is 5.20. The van der Waals surface area contributed by atoms with Gasteiger partial charge in [0.1, 0.15) is 5.75 Å². The predicted molar refractivity (Wildman–Crippen MR) is 47.7 cm³/mol. The van der Waals surface area contributed by atoms with Gasteiger partial charge in [-0.1, -0.05) is 0 Å². The molecule has 0 fully saturated rings. The average molecular weight is 216 g/mol. The van der Waals surface area contributed by atoms with Gasteiger partial charge in [0, 0.05) is 12.4 Å². The molecule has 0 aromatic carbocycles. The van der Waals surface area contributed by atoms with Crippen LogP contribution in [0.15, 0.2) is 22.9 Å². The van der Waals surface area contributed by atoms with Crippen LogP contribution in [0.25, 0.3) is 0 Å². The van der Waals surface area contributed by atoms with E-state index >= 15 is 0 Å². The fourth-order valence-corrected chi connectivity index (χ4v) is 1.06. The van der Waals surface area contributed by atoms with E-state index in [1.54, 1.807) is 12.4 Å². The fraction of sp³-hybridized carbons (Fsp3) is 0.375. The zero-order valence-corrected chi connectivity index (χ0v) is 8.13. The molecule has 0 aliphatic rings. The summed E-state index contributed by atoms with van der Waals surface area (Å²) in [4.78, 5) is 3.93. The van der Waals surface area contributed by atoms with Gasteiger partial charge in [0.05, 0.1) is 10.6 Å². The van der Waals surface area contributed by atoms with Gasteiger partial charge in [0.25, 0.3) is 0 Å². The van der Waals surface area contributed by atoms with E-state index in [-0.39, 0.29) is 6.10 Å². The monoisotopic (exact) mass is 215 g/mol. The largest absolute Gasteiger partial charge is 0.490 e. The van der Waals surface area contributed by atoms with Crippen LogP contribution >= 0.6 is 15.9 Å². The summed E-state index contributed by atoms with van der Waals surface area (Å²) in [6.45, 7) is 3.99. The van der Waals surface area contributed by atoms with E-state index in [1.807, 2.05) is 19.9 Å². The summed E-state index contributed by atoms with van der Waals surface area (Å²) < 4.78 is 6.36. The summed E-state index contributed by atoms with van der Waals surface area (Å²) in [6.07, 6.45) is 3.63. The Morgan fingerprint density at radius 1 is 1.55 bits per heavy atom. The quantitative estimate of drug-likeness (QED) is 0.758. The summed E-state index contributed by atoms with van der Waals surface area (Å²) in [7, 11) is 0. The zero-order chi connectivity index (χ0) is 8.27. The van der Waals surface area contributed by atoms with Gasteiger partial charge >= 0.3 is 0 Å². The number of hydrogen-bond acceptors (Lipinski definition) is 2. The summed E-state index contributed by atoms with van der Waals surface area (Å²) >= 11 is 3.34. The average Bonchev–Trinajstić information content (AvgIpc) is 1.93. The van der Waals surface area contributed by atoms with Crippen molar-refractivity contribution < 1.29 is 4.74 Å². The van der Waals surface area contributed by atoms with Crippen molar-refractivity contribution >= 4 is 15.9 Å². The second-order valence-corrected chi connectivity index (χ2v) is 3.33. The van der Waals surface area contributed by atoms with Gasteiger partial charge in [-0.15, -0.1) is 0 Å². The van der Waals surface area contributed by atoms with Crippen LogP contribution in [0.5, 0.6) is 5.75 Å². The van der Waals surface area contributed by atoms with Gasteiger partial charge in [-0.25, -0.2) is 0 Å². The molecule has 11 heavy (non-hydrogen) atoms. The molecule has 1 aromatic rings. The molecule has 0 atom stereocenters. The van der Waals surface area contributed by atoms with E-state index in [1.165, 1.54) is 0 Å². The van der Waals surface area contributed by atoms with E-state index in [9.17, 15) is 0 Å². The van der Waals surface area contributed by atoms with Crippen molar-refractivity contribution in [1.82, 2.24) is 4.98 Å². The molecule has 0 unspecified atom stereocenters. The van der Waals surface area contributed by atoms with Crippen molar-refractivity contribution in [2.75, 3.05) is 0 Å². The molecule has 0 radical (unpaired) electrons. The van der Waals surface area contributed by atoms with E-state index in [0.717, 1.165) is 10.2 Å². The highest BCUT2D eigenvalue weighted by Gasteiger charge is 2.00. The maximum Gasteiger partial charge on any atom is 0.136 e. The zero-order valence-electron chi connectivity index (χ0n) is 6.54. The lowest BCUT2D eigenvalue weighted by atomic mass is 10.4. The number of nitrogens with zero attached hydrogens (tertiary/aromatic N) is 1. The molecule has 3 heteroatoms. The summed E-state index contributed by atoms with van der Waals surface area (Å²) in [6, 6.07) is 1.84. The van der Waals surface area contributed by atoms with Crippen LogP contribution in [0.2, 0.25) is 0 Å². The maximum atomic E-state index is 5.46. The molecule has 0 amide bonds. The lowest BCUT2D eigenvalue weighted by Gasteiger charge is -2.09. The summed E-state index contributed by atoms with van der Waals surface area (Å²) in [5, 5.41) is 0. The minimum atomic E-state index is 0.202. The number of halogens is 1. The Bertz CT molecular complexity index is 237. The Morgan fingerprint density at radius 2 is 2.27 bits per heavy atom. The number of aromatic nitrogens is 1. The third-order valence-electron chi connectivity index (χ3n) is 1.10. The van der Waals surface area contributed by atoms with Gasteiger partial charge in [0.15, 0.2) is 0 Å². The molecule has 1 heterocycles. The first-order valence-corrected chi connectivity index (χ1v) is 4.25. The van der Waals surface area contributed by atoms with Crippen LogP contribution in [-0.4, -0.2) is 11.1 Å². The molecule has 0 bridgehead atoms. The molecule has 2 nitrogen and oxygen atoms in total. The van der Waals surface area contributed by atoms with E-state index < -0.39 is 0 Å². The Labute approximate surface area is 74.7 Å². The normalized spacial score (nSPS) is 10.2. The van der Waals surface area contributed by atoms with Crippen LogP contribution < -0.4 is 4.74 Å². The van der Waals surface area contributed by atoms with Gasteiger partial charge in [-0.05, 0) is 35.8 Å². The minimum Gasteiger partial charge on any atom is -0.490 e. The second-order valence-electron chi connectivity index (χ2n) is 2.47.